The van der Waals surface area contributed by atoms with E-state index in [1.54, 1.807) is 6.33 Å². The first-order valence-electron chi connectivity index (χ1n) is 22.6. The summed E-state index contributed by atoms with van der Waals surface area (Å²) in [4.78, 5) is 36.7. The molecule has 7 rings (SSSR count). The summed E-state index contributed by atoms with van der Waals surface area (Å²) in [6, 6.07) is 45.6. The molecule has 1 heterocycles. The molecule has 2 amide bonds. The second-order valence-electron chi connectivity index (χ2n) is 15.8. The van der Waals surface area contributed by atoms with E-state index in [1.807, 2.05) is 97.2 Å². The molecule has 67 heavy (non-hydrogen) atoms. The van der Waals surface area contributed by atoms with Gasteiger partial charge in [-0.3, -0.25) is 9.69 Å². The van der Waals surface area contributed by atoms with Gasteiger partial charge in [-0.05, 0) is 44.5 Å². The Morgan fingerprint density at radius 1 is 0.672 bits per heavy atom. The first kappa shape index (κ1) is 48.1. The average Bonchev–Trinajstić information content (AvgIpc) is 3.97. The molecule has 0 saturated heterocycles. The van der Waals surface area contributed by atoms with E-state index in [0.717, 1.165) is 38.9 Å². The Morgan fingerprint density at radius 3 is 1.60 bits per heavy atom. The molecule has 0 spiro atoms. The Kier molecular flexibility index (Phi) is 18.1. The van der Waals surface area contributed by atoms with E-state index >= 15 is 0 Å². The second kappa shape index (κ2) is 25.2. The van der Waals surface area contributed by atoms with Crippen molar-refractivity contribution in [2.24, 2.45) is 5.11 Å². The van der Waals surface area contributed by atoms with Gasteiger partial charge in [-0.2, -0.15) is 0 Å². The number of carboxylic acid groups (broad SMARTS) is 1. The summed E-state index contributed by atoms with van der Waals surface area (Å²) in [7, 11) is 0. The SMILES string of the molecule is [N-]=[N+]=NCCOCCOCCOCCOCCOCCNC(=O)C(Cc1cn(C(c2ccccc2)(c2ccccc2)c2ccccc2)cn1)N(CC1c2ccccc2-c2ccccc21)C(=O)O. The fraction of sp³-hybridized carbons (Fsp3) is 0.327. The van der Waals surface area contributed by atoms with Crippen LogP contribution in [-0.2, 0) is 40.4 Å². The molecular weight excluding hydrogens is 851 g/mol. The van der Waals surface area contributed by atoms with Crippen molar-refractivity contribution in [1.82, 2.24) is 19.8 Å². The maximum Gasteiger partial charge on any atom is 0.408 e. The number of hydrogen-bond donors (Lipinski definition) is 2. The van der Waals surface area contributed by atoms with Crippen LogP contribution in [0.1, 0.15) is 39.4 Å². The molecule has 1 aromatic heterocycles. The van der Waals surface area contributed by atoms with Crippen molar-refractivity contribution in [3.63, 3.8) is 0 Å². The number of azide groups is 1. The van der Waals surface area contributed by atoms with E-state index in [2.05, 4.69) is 68.4 Å². The maximum atomic E-state index is 14.4. The van der Waals surface area contributed by atoms with Crippen LogP contribution in [0.15, 0.2) is 157 Å². The molecule has 0 bridgehead atoms. The Morgan fingerprint density at radius 2 is 1.12 bits per heavy atom. The lowest BCUT2D eigenvalue weighted by Gasteiger charge is -2.37. The first-order valence-corrected chi connectivity index (χ1v) is 22.6. The molecule has 0 aliphatic heterocycles. The van der Waals surface area contributed by atoms with Crippen LogP contribution in [0.3, 0.4) is 0 Å². The Balaban J connectivity index is 1.02. The molecule has 348 valence electrons. The topological polar surface area (TPSA) is 182 Å². The number of nitrogens with one attached hydrogen (secondary N) is 1. The Hall–Kier alpha value is -6.84. The lowest BCUT2D eigenvalue weighted by atomic mass is 9.77. The molecular formula is C52H57N7O8. The third-order valence-electron chi connectivity index (χ3n) is 11.7. The maximum absolute atomic E-state index is 14.4. The van der Waals surface area contributed by atoms with Gasteiger partial charge >= 0.3 is 6.09 Å². The Labute approximate surface area is 390 Å². The first-order chi connectivity index (χ1) is 33.0. The van der Waals surface area contributed by atoms with Crippen LogP contribution in [0.5, 0.6) is 0 Å². The highest BCUT2D eigenvalue weighted by Gasteiger charge is 2.40. The van der Waals surface area contributed by atoms with Gasteiger partial charge in [0.15, 0.2) is 0 Å². The van der Waals surface area contributed by atoms with E-state index in [-0.39, 0.29) is 32.0 Å². The predicted molar refractivity (Wildman–Crippen MR) is 254 cm³/mol. The van der Waals surface area contributed by atoms with Crippen molar-refractivity contribution in [3.05, 3.63) is 196 Å². The number of nitrogens with zero attached hydrogens (tertiary/aromatic N) is 6. The molecule has 0 saturated carbocycles. The normalized spacial score (nSPS) is 12.5. The van der Waals surface area contributed by atoms with Gasteiger partial charge in [-0.25, -0.2) is 9.78 Å². The van der Waals surface area contributed by atoms with Crippen LogP contribution in [0, 0.1) is 0 Å². The zero-order valence-corrected chi connectivity index (χ0v) is 37.5. The second-order valence-corrected chi connectivity index (χ2v) is 15.8. The molecule has 6 aromatic rings. The van der Waals surface area contributed by atoms with Gasteiger partial charge in [0.2, 0.25) is 5.91 Å². The minimum Gasteiger partial charge on any atom is -0.465 e. The van der Waals surface area contributed by atoms with Gasteiger partial charge in [0.25, 0.3) is 0 Å². The molecule has 1 atom stereocenters. The predicted octanol–water partition coefficient (Wildman–Crippen LogP) is 7.94. The minimum atomic E-state index is -1.21. The number of hydrogen-bond acceptors (Lipinski definition) is 9. The van der Waals surface area contributed by atoms with E-state index in [1.165, 1.54) is 4.90 Å². The lowest BCUT2D eigenvalue weighted by Crippen LogP contribution is -2.52. The number of amides is 2. The van der Waals surface area contributed by atoms with Crippen molar-refractivity contribution >= 4 is 12.0 Å². The number of carbonyl (C=O) groups excluding carboxylic acids is 1. The zero-order valence-electron chi connectivity index (χ0n) is 37.5. The zero-order chi connectivity index (χ0) is 46.5. The molecule has 1 unspecified atom stereocenters. The highest BCUT2D eigenvalue weighted by atomic mass is 16.6. The number of ether oxygens (including phenoxy) is 5. The van der Waals surface area contributed by atoms with Crippen LogP contribution in [0.4, 0.5) is 4.79 Å². The number of fused-ring (bicyclic) bond motifs is 3. The van der Waals surface area contributed by atoms with E-state index < -0.39 is 23.6 Å². The summed E-state index contributed by atoms with van der Waals surface area (Å²) in [6.07, 6.45) is 2.53. The van der Waals surface area contributed by atoms with Crippen LogP contribution >= 0.6 is 0 Å². The molecule has 0 fully saturated rings. The van der Waals surface area contributed by atoms with Gasteiger partial charge in [0, 0.05) is 43.1 Å². The van der Waals surface area contributed by atoms with Crippen molar-refractivity contribution in [1.29, 1.82) is 0 Å². The molecule has 1 aliphatic carbocycles. The summed E-state index contributed by atoms with van der Waals surface area (Å²) in [5.41, 5.74) is 15.2. The average molecular weight is 908 g/mol. The van der Waals surface area contributed by atoms with Gasteiger partial charge in [-0.15, -0.1) is 0 Å². The lowest BCUT2D eigenvalue weighted by molar-refractivity contribution is -0.126. The molecule has 15 nitrogen and oxygen atoms in total. The number of carbonyl (C=O) groups is 2. The summed E-state index contributed by atoms with van der Waals surface area (Å²) in [5, 5.41) is 17.4. The molecule has 0 radical (unpaired) electrons. The van der Waals surface area contributed by atoms with Crippen molar-refractivity contribution in [3.8, 4) is 11.1 Å². The third kappa shape index (κ3) is 12.3. The minimum absolute atomic E-state index is 0.0209. The van der Waals surface area contributed by atoms with Gasteiger partial charge in [0.05, 0.1) is 78.1 Å². The van der Waals surface area contributed by atoms with Crippen LogP contribution in [0.25, 0.3) is 21.6 Å². The van der Waals surface area contributed by atoms with Gasteiger partial charge < -0.3 is 38.7 Å². The molecule has 1 aliphatic rings. The third-order valence-corrected chi connectivity index (χ3v) is 11.7. The fourth-order valence-corrected chi connectivity index (χ4v) is 8.67. The van der Waals surface area contributed by atoms with Crippen LogP contribution in [-0.4, -0.2) is 123 Å². The van der Waals surface area contributed by atoms with Crippen LogP contribution < -0.4 is 5.32 Å². The summed E-state index contributed by atoms with van der Waals surface area (Å²) >= 11 is 0. The summed E-state index contributed by atoms with van der Waals surface area (Å²) < 4.78 is 29.7. The quantitative estimate of drug-likeness (QED) is 0.0162. The highest BCUT2D eigenvalue weighted by Crippen LogP contribution is 2.45. The standard InChI is InChI=1S/C52H57N7O8/c53-57-56-25-27-64-29-31-66-33-35-67-34-32-65-30-28-63-26-24-54-50(60)49(59(51(61)62)38-48-46-22-12-10-20-44(46)45-21-11-13-23-47(45)48)36-43-37-58(39-55-43)52(40-14-4-1-5-15-40,41-16-6-2-7-17-41)42-18-8-3-9-19-42/h1-23,37,39,48-49H,24-36,38H2,(H,54,60)(H,61,62). The Bertz CT molecular complexity index is 2360. The number of benzene rings is 5. The largest absolute Gasteiger partial charge is 0.465 e. The van der Waals surface area contributed by atoms with Gasteiger partial charge in [0.1, 0.15) is 11.6 Å². The highest BCUT2D eigenvalue weighted by molar-refractivity contribution is 5.86. The van der Waals surface area contributed by atoms with Gasteiger partial charge in [-0.1, -0.05) is 145 Å². The molecule has 15 heteroatoms. The van der Waals surface area contributed by atoms with Crippen molar-refractivity contribution in [2.75, 3.05) is 85.7 Å². The number of rotatable bonds is 28. The monoisotopic (exact) mass is 907 g/mol. The summed E-state index contributed by atoms with van der Waals surface area (Å²) in [6.45, 7) is 4.14. The smallest absolute Gasteiger partial charge is 0.408 e. The van der Waals surface area contributed by atoms with Crippen molar-refractivity contribution < 1.29 is 38.4 Å². The van der Waals surface area contributed by atoms with E-state index in [0.29, 0.717) is 71.7 Å². The number of aromatic nitrogens is 2. The van der Waals surface area contributed by atoms with Crippen LogP contribution in [0.2, 0.25) is 0 Å². The molecule has 5 aromatic carbocycles. The fourth-order valence-electron chi connectivity index (χ4n) is 8.67. The van der Waals surface area contributed by atoms with Crippen molar-refractivity contribution in [2.45, 2.75) is 23.9 Å². The van der Waals surface area contributed by atoms with E-state index in [4.69, 9.17) is 34.2 Å². The molecule has 2 N–H and O–H groups in total. The number of imidazole rings is 1. The summed E-state index contributed by atoms with van der Waals surface area (Å²) in [5.74, 6) is -0.732. The van der Waals surface area contributed by atoms with E-state index in [9.17, 15) is 14.7 Å².